The topological polar surface area (TPSA) is 196 Å². The number of hydrazine groups is 3. The lowest BCUT2D eigenvalue weighted by Gasteiger charge is -2.39. The van der Waals surface area contributed by atoms with Crippen LogP contribution in [0.1, 0.15) is 10.7 Å². The molecule has 0 saturated carbocycles. The molecule has 1 fully saturated rings. The van der Waals surface area contributed by atoms with Crippen LogP contribution < -0.4 is 20.3 Å². The molecule has 2 aliphatic heterocycles. The highest BCUT2D eigenvalue weighted by molar-refractivity contribution is 8.41. The number of benzene rings is 1. The van der Waals surface area contributed by atoms with Crippen molar-refractivity contribution in [2.45, 2.75) is 15.0 Å². The molecule has 2 atom stereocenters. The summed E-state index contributed by atoms with van der Waals surface area (Å²) in [5.41, 5.74) is -0.808. The van der Waals surface area contributed by atoms with Gasteiger partial charge >= 0.3 is 6.01 Å². The molecule has 1 saturated heterocycles. The van der Waals surface area contributed by atoms with E-state index in [0.717, 1.165) is 14.3 Å². The van der Waals surface area contributed by atoms with Crippen LogP contribution in [0.2, 0.25) is 0 Å². The van der Waals surface area contributed by atoms with E-state index in [9.17, 15) is 0 Å². The molecule has 11 rings (SSSR count). The number of H-pyrrole nitrogens is 1. The SMILES string of the molecule is c1coc(S2(c3cc4ccccc4s3)N=NC(C3(c4ccsn4)N(c4cnon4)N(c4ccn[nH]4)N(c4ccon4)N3c3ncco3)=C2c2nccs2)c1. The third-order valence-corrected chi connectivity index (χ3v) is 14.9. The van der Waals surface area contributed by atoms with Crippen LogP contribution >= 0.6 is 44.4 Å². The molecule has 2 aliphatic rings. The zero-order chi connectivity index (χ0) is 35.7. The number of anilines is 4. The van der Waals surface area contributed by atoms with Gasteiger partial charge < -0.3 is 13.4 Å². The minimum atomic E-state index is -2.69. The maximum atomic E-state index is 6.36. The lowest BCUT2D eigenvalue weighted by molar-refractivity contribution is 0.305. The van der Waals surface area contributed by atoms with Crippen molar-refractivity contribution in [1.29, 1.82) is 0 Å². The van der Waals surface area contributed by atoms with Crippen LogP contribution in [0, 0.1) is 0 Å². The Morgan fingerprint density at radius 2 is 1.81 bits per heavy atom. The summed E-state index contributed by atoms with van der Waals surface area (Å²) in [6.45, 7) is 0. The van der Waals surface area contributed by atoms with Crippen LogP contribution in [0.25, 0.3) is 15.0 Å². The Labute approximate surface area is 315 Å². The van der Waals surface area contributed by atoms with Crippen LogP contribution in [-0.2, 0) is 5.66 Å². The lowest BCUT2D eigenvalue weighted by Crippen LogP contribution is -2.56. The quantitative estimate of drug-likeness (QED) is 0.147. The largest absolute Gasteiger partial charge is 0.457 e. The van der Waals surface area contributed by atoms with Crippen molar-refractivity contribution in [3.63, 3.8) is 0 Å². The second-order valence-corrected chi connectivity index (χ2v) is 16.9. The van der Waals surface area contributed by atoms with E-state index in [0.29, 0.717) is 38.0 Å². The molecule has 1 aromatic carbocycles. The number of hydrogen-bond acceptors (Lipinski definition) is 20. The predicted octanol–water partition coefficient (Wildman–Crippen LogP) is 8.10. The minimum absolute atomic E-state index is 0.128. The summed E-state index contributed by atoms with van der Waals surface area (Å²) in [4.78, 5) is 10.3. The van der Waals surface area contributed by atoms with E-state index in [4.69, 9.17) is 42.0 Å². The predicted molar refractivity (Wildman–Crippen MR) is 198 cm³/mol. The van der Waals surface area contributed by atoms with E-state index in [1.165, 1.54) is 41.6 Å². The van der Waals surface area contributed by atoms with Gasteiger partial charge in [-0.3, -0.25) is 5.10 Å². The summed E-state index contributed by atoms with van der Waals surface area (Å²) in [5.74, 6) is 1.03. The van der Waals surface area contributed by atoms with Crippen molar-refractivity contribution in [3.8, 4) is 0 Å². The van der Waals surface area contributed by atoms with Crippen molar-refractivity contribution >= 4 is 82.9 Å². The highest BCUT2D eigenvalue weighted by Crippen LogP contribution is 2.79. The lowest BCUT2D eigenvalue weighted by atomic mass is 9.99. The number of nitrogens with zero attached hydrogens (tertiary/aromatic N) is 13. The number of aromatic amines is 1. The number of aromatic nitrogens is 8. The van der Waals surface area contributed by atoms with E-state index in [1.54, 1.807) is 68.6 Å². The Morgan fingerprint density at radius 1 is 0.833 bits per heavy atom. The molecule has 0 amide bonds. The van der Waals surface area contributed by atoms with Gasteiger partial charge in [-0.2, -0.15) is 14.5 Å². The number of furan rings is 1. The van der Waals surface area contributed by atoms with E-state index < -0.39 is 15.9 Å². The van der Waals surface area contributed by atoms with Crippen LogP contribution in [0.5, 0.6) is 0 Å². The van der Waals surface area contributed by atoms with Gasteiger partial charge in [0.15, 0.2) is 10.9 Å². The maximum Gasteiger partial charge on any atom is 0.321 e. The average molecular weight is 793 g/mol. The summed E-state index contributed by atoms with van der Waals surface area (Å²) in [7, 11) is -2.69. The molecule has 0 spiro atoms. The highest BCUT2D eigenvalue weighted by Gasteiger charge is 2.68. The first-order chi connectivity index (χ1) is 26.8. The molecular formula is C32H20N14O4S4. The minimum Gasteiger partial charge on any atom is -0.457 e. The van der Waals surface area contributed by atoms with E-state index >= 15 is 0 Å². The monoisotopic (exact) mass is 792 g/mol. The van der Waals surface area contributed by atoms with E-state index in [-0.39, 0.29) is 11.8 Å². The summed E-state index contributed by atoms with van der Waals surface area (Å²) >= 11 is 4.34. The third kappa shape index (κ3) is 4.23. The standard InChI is InChI=1S/C32H20N14O4S4/c1-2-5-21-20(4-1)18-27(53-21)54(26-6-3-13-47-26)28(30-33-12-17-51-30)29(38-42-54)32(22-9-16-52-41-22)43(25-19-36-50-40-25)45(23-7-10-35-37-23)46(24-8-14-49-39-24)44(32)31-34-11-15-48-31/h1-19H,(H,35,37). The third-order valence-electron chi connectivity index (χ3n) is 8.67. The fourth-order valence-corrected chi connectivity index (χ4v) is 13.0. The first-order valence-electron chi connectivity index (χ1n) is 15.9. The fraction of sp³-hybridized carbons (Fsp3) is 0.0312. The van der Waals surface area contributed by atoms with Crippen LogP contribution in [0.15, 0.2) is 158 Å². The molecular weight excluding hydrogens is 773 g/mol. The molecule has 54 heavy (non-hydrogen) atoms. The van der Waals surface area contributed by atoms with E-state index in [1.807, 2.05) is 41.1 Å². The van der Waals surface area contributed by atoms with Crippen LogP contribution in [0.3, 0.4) is 0 Å². The number of oxazole rings is 1. The Bertz CT molecular complexity index is 2600. The van der Waals surface area contributed by atoms with Crippen molar-refractivity contribution in [1.82, 2.24) is 40.0 Å². The number of rotatable bonds is 9. The van der Waals surface area contributed by atoms with Gasteiger partial charge in [-0.15, -0.1) is 42.5 Å². The molecule has 1 N–H and O–H groups in total. The molecule has 22 heteroatoms. The van der Waals surface area contributed by atoms with E-state index in [2.05, 4.69) is 43.9 Å². The van der Waals surface area contributed by atoms with Gasteiger partial charge in [0, 0.05) is 44.0 Å². The fourth-order valence-electron chi connectivity index (χ4n) is 6.63. The normalized spacial score (nSPS) is 21.3. The summed E-state index contributed by atoms with van der Waals surface area (Å²) in [6, 6.07) is 19.6. The molecule has 10 heterocycles. The zero-order valence-electron chi connectivity index (χ0n) is 27.0. The second kappa shape index (κ2) is 12.0. The van der Waals surface area contributed by atoms with Crippen molar-refractivity contribution in [3.05, 3.63) is 131 Å². The molecule has 8 aromatic heterocycles. The molecule has 0 radical (unpaired) electrons. The highest BCUT2D eigenvalue weighted by atomic mass is 32.3. The number of fused-ring (bicyclic) bond motifs is 1. The van der Waals surface area contributed by atoms with Crippen molar-refractivity contribution < 1.29 is 18.0 Å². The van der Waals surface area contributed by atoms with Gasteiger partial charge in [0.1, 0.15) is 35.1 Å². The van der Waals surface area contributed by atoms with Gasteiger partial charge in [-0.05, 0) is 52.4 Å². The molecule has 18 nitrogen and oxygen atoms in total. The molecule has 0 bridgehead atoms. The Morgan fingerprint density at radius 3 is 2.54 bits per heavy atom. The van der Waals surface area contributed by atoms with Gasteiger partial charge in [0.25, 0.3) is 0 Å². The first-order valence-corrected chi connectivity index (χ1v) is 20.0. The summed E-state index contributed by atoms with van der Waals surface area (Å²) < 4.78 is 35.7. The molecule has 9 aromatic rings. The van der Waals surface area contributed by atoms with Gasteiger partial charge in [-0.1, -0.05) is 28.5 Å². The molecule has 2 unspecified atom stereocenters. The molecule has 266 valence electrons. The van der Waals surface area contributed by atoms with Crippen LogP contribution in [0.4, 0.5) is 23.5 Å². The van der Waals surface area contributed by atoms with Gasteiger partial charge in [-0.25, -0.2) is 19.6 Å². The Kier molecular flexibility index (Phi) is 6.85. The second-order valence-electron chi connectivity index (χ2n) is 11.5. The Hall–Kier alpha value is -6.62. The summed E-state index contributed by atoms with van der Waals surface area (Å²) in [5, 5.41) is 38.6. The van der Waals surface area contributed by atoms with Gasteiger partial charge in [0.2, 0.25) is 17.3 Å². The first kappa shape index (κ1) is 31.0. The van der Waals surface area contributed by atoms with Crippen molar-refractivity contribution in [2.24, 2.45) is 9.63 Å². The molecule has 0 aliphatic carbocycles. The Balaban J connectivity index is 1.33. The number of hydrogen-bond donors (Lipinski definition) is 1. The maximum absolute atomic E-state index is 6.36. The number of thiazole rings is 1. The smallest absolute Gasteiger partial charge is 0.321 e. The van der Waals surface area contributed by atoms with Crippen molar-refractivity contribution in [2.75, 3.05) is 20.3 Å². The average Bonchev–Trinajstić information content (AvgIpc) is 4.04. The van der Waals surface area contributed by atoms with Crippen LogP contribution in [-0.4, -0.2) is 40.0 Å². The summed E-state index contributed by atoms with van der Waals surface area (Å²) in [6.07, 6.45) is 11.0. The number of nitrogens with one attached hydrogen (secondary N) is 1. The van der Waals surface area contributed by atoms with Gasteiger partial charge in [0.05, 0.1) is 27.8 Å². The zero-order valence-corrected chi connectivity index (χ0v) is 30.3. The number of thiophene rings is 1.